The number of amides is 1. The van der Waals surface area contributed by atoms with E-state index in [2.05, 4.69) is 17.1 Å². The average molecular weight is 236 g/mol. The smallest absolute Gasteiger partial charge is 0.227 e. The summed E-state index contributed by atoms with van der Waals surface area (Å²) < 4.78 is 0. The topological polar surface area (TPSA) is 32.3 Å². The molecule has 0 aromatic carbocycles. The van der Waals surface area contributed by atoms with Gasteiger partial charge in [0.25, 0.3) is 0 Å². The molecule has 2 aliphatic heterocycles. The monoisotopic (exact) mass is 236 g/mol. The number of nitrogens with one attached hydrogen (secondary N) is 1. The van der Waals surface area contributed by atoms with E-state index in [4.69, 9.17) is 0 Å². The fourth-order valence-corrected chi connectivity index (χ4v) is 4.09. The van der Waals surface area contributed by atoms with Crippen molar-refractivity contribution in [2.75, 3.05) is 13.1 Å². The van der Waals surface area contributed by atoms with E-state index in [1.54, 1.807) is 0 Å². The highest BCUT2D eigenvalue weighted by molar-refractivity contribution is 5.80. The van der Waals surface area contributed by atoms with E-state index in [9.17, 15) is 4.79 Å². The minimum absolute atomic E-state index is 0.246. The van der Waals surface area contributed by atoms with Crippen LogP contribution in [-0.4, -0.2) is 36.0 Å². The zero-order valence-corrected chi connectivity index (χ0v) is 10.8. The summed E-state index contributed by atoms with van der Waals surface area (Å²) in [7, 11) is 0. The molecule has 0 aromatic rings. The molecule has 1 N–H and O–H groups in total. The number of nitrogens with zero attached hydrogens (tertiary/aromatic N) is 1. The summed E-state index contributed by atoms with van der Waals surface area (Å²) in [4.78, 5) is 14.8. The van der Waals surface area contributed by atoms with Crippen molar-refractivity contribution in [2.45, 2.75) is 57.5 Å². The van der Waals surface area contributed by atoms with Crippen LogP contribution in [0.1, 0.15) is 45.4 Å². The lowest BCUT2D eigenvalue weighted by molar-refractivity contribution is -0.137. The van der Waals surface area contributed by atoms with Gasteiger partial charge in [0.2, 0.25) is 5.91 Å². The zero-order valence-electron chi connectivity index (χ0n) is 10.8. The molecular formula is C14H24N2O. The Labute approximate surface area is 104 Å². The Morgan fingerprint density at radius 3 is 2.76 bits per heavy atom. The molecule has 3 aliphatic rings. The third kappa shape index (κ3) is 1.99. The number of carbonyl (C=O) groups is 1. The molecule has 0 radical (unpaired) electrons. The molecule has 2 saturated heterocycles. The van der Waals surface area contributed by atoms with Crippen molar-refractivity contribution in [3.05, 3.63) is 0 Å². The van der Waals surface area contributed by atoms with Gasteiger partial charge in [-0.25, -0.2) is 0 Å². The van der Waals surface area contributed by atoms with Gasteiger partial charge in [0, 0.05) is 18.6 Å². The number of carbonyl (C=O) groups excluding carboxylic acids is 1. The van der Waals surface area contributed by atoms with Crippen LogP contribution in [0.2, 0.25) is 0 Å². The summed E-state index contributed by atoms with van der Waals surface area (Å²) in [5.74, 6) is 1.50. The van der Waals surface area contributed by atoms with Crippen molar-refractivity contribution < 1.29 is 4.79 Å². The first-order valence-electron chi connectivity index (χ1n) is 7.31. The summed E-state index contributed by atoms with van der Waals surface area (Å²) in [5, 5.41) is 3.40. The van der Waals surface area contributed by atoms with Crippen LogP contribution in [0.3, 0.4) is 0 Å². The molecule has 3 rings (SSSR count). The van der Waals surface area contributed by atoms with Crippen molar-refractivity contribution in [3.8, 4) is 0 Å². The van der Waals surface area contributed by atoms with Gasteiger partial charge in [-0.3, -0.25) is 4.79 Å². The highest BCUT2D eigenvalue weighted by atomic mass is 16.2. The second-order valence-corrected chi connectivity index (χ2v) is 6.07. The molecule has 17 heavy (non-hydrogen) atoms. The highest BCUT2D eigenvalue weighted by Gasteiger charge is 2.42. The lowest BCUT2D eigenvalue weighted by atomic mass is 9.85. The number of rotatable bonds is 1. The molecule has 4 atom stereocenters. The van der Waals surface area contributed by atoms with Gasteiger partial charge < -0.3 is 10.2 Å². The van der Waals surface area contributed by atoms with Crippen LogP contribution in [-0.2, 0) is 4.79 Å². The van der Waals surface area contributed by atoms with E-state index in [0.29, 0.717) is 18.0 Å². The molecule has 1 aliphatic carbocycles. The molecule has 96 valence electrons. The molecule has 0 spiro atoms. The standard InChI is InChI=1S/C14H24N2O/c1-10-12(6-8-15-10)14(17)16-9-7-11-4-2-3-5-13(11)16/h10-13,15H,2-9H2,1H3. The van der Waals surface area contributed by atoms with E-state index in [1.165, 1.54) is 32.1 Å². The predicted molar refractivity (Wildman–Crippen MR) is 67.6 cm³/mol. The Bertz CT molecular complexity index is 305. The maximum absolute atomic E-state index is 12.6. The molecule has 0 bridgehead atoms. The van der Waals surface area contributed by atoms with Gasteiger partial charge in [-0.1, -0.05) is 12.8 Å². The quantitative estimate of drug-likeness (QED) is 0.752. The number of likely N-dealkylation sites (tertiary alicyclic amines) is 1. The number of hydrogen-bond acceptors (Lipinski definition) is 2. The average Bonchev–Trinajstić information content (AvgIpc) is 2.94. The van der Waals surface area contributed by atoms with Crippen LogP contribution in [0.5, 0.6) is 0 Å². The minimum Gasteiger partial charge on any atom is -0.339 e. The molecule has 1 amide bonds. The lowest BCUT2D eigenvalue weighted by Crippen LogP contribution is -2.44. The van der Waals surface area contributed by atoms with Gasteiger partial charge in [0.1, 0.15) is 0 Å². The third-order valence-corrected chi connectivity index (χ3v) is 5.14. The van der Waals surface area contributed by atoms with Crippen LogP contribution >= 0.6 is 0 Å². The van der Waals surface area contributed by atoms with Gasteiger partial charge in [-0.15, -0.1) is 0 Å². The van der Waals surface area contributed by atoms with E-state index in [0.717, 1.165) is 25.4 Å². The third-order valence-electron chi connectivity index (χ3n) is 5.14. The molecule has 0 aromatic heterocycles. The minimum atomic E-state index is 0.246. The number of fused-ring (bicyclic) bond motifs is 1. The molecule has 3 fully saturated rings. The molecule has 2 heterocycles. The largest absolute Gasteiger partial charge is 0.339 e. The first kappa shape index (κ1) is 11.5. The fraction of sp³-hybridized carbons (Fsp3) is 0.929. The SMILES string of the molecule is CC1NCCC1C(=O)N1CCC2CCCCC21. The molecule has 1 saturated carbocycles. The van der Waals surface area contributed by atoms with Gasteiger partial charge in [0.05, 0.1) is 5.92 Å². The Morgan fingerprint density at radius 2 is 2.00 bits per heavy atom. The van der Waals surface area contributed by atoms with Crippen LogP contribution in [0.15, 0.2) is 0 Å². The molecule has 4 unspecified atom stereocenters. The second-order valence-electron chi connectivity index (χ2n) is 6.07. The first-order valence-corrected chi connectivity index (χ1v) is 7.31. The second kappa shape index (κ2) is 4.60. The van der Waals surface area contributed by atoms with Crippen LogP contribution in [0.25, 0.3) is 0 Å². The predicted octanol–water partition coefficient (Wildman–Crippen LogP) is 1.78. The summed E-state index contributed by atoms with van der Waals surface area (Å²) in [6.07, 6.45) is 7.60. The Balaban J connectivity index is 1.69. The summed E-state index contributed by atoms with van der Waals surface area (Å²) in [5.41, 5.74) is 0. The van der Waals surface area contributed by atoms with Crippen molar-refractivity contribution in [1.29, 1.82) is 0 Å². The normalized spacial score (nSPS) is 41.6. The van der Waals surface area contributed by atoms with E-state index >= 15 is 0 Å². The maximum atomic E-state index is 12.6. The van der Waals surface area contributed by atoms with Crippen LogP contribution < -0.4 is 5.32 Å². The van der Waals surface area contributed by atoms with Crippen molar-refractivity contribution >= 4 is 5.91 Å². The van der Waals surface area contributed by atoms with Crippen molar-refractivity contribution in [1.82, 2.24) is 10.2 Å². The lowest BCUT2D eigenvalue weighted by Gasteiger charge is -2.33. The number of hydrogen-bond donors (Lipinski definition) is 1. The maximum Gasteiger partial charge on any atom is 0.227 e. The van der Waals surface area contributed by atoms with Crippen LogP contribution in [0.4, 0.5) is 0 Å². The molecule has 3 heteroatoms. The Kier molecular flexibility index (Phi) is 3.12. The highest BCUT2D eigenvalue weighted by Crippen LogP contribution is 2.37. The fourth-order valence-electron chi connectivity index (χ4n) is 4.09. The van der Waals surface area contributed by atoms with Gasteiger partial charge in [-0.05, 0) is 45.1 Å². The Morgan fingerprint density at radius 1 is 1.18 bits per heavy atom. The summed E-state index contributed by atoms with van der Waals surface area (Å²) in [6, 6.07) is 0.967. The summed E-state index contributed by atoms with van der Waals surface area (Å²) in [6.45, 7) is 4.20. The van der Waals surface area contributed by atoms with Crippen molar-refractivity contribution in [3.63, 3.8) is 0 Å². The van der Waals surface area contributed by atoms with E-state index in [-0.39, 0.29) is 5.92 Å². The zero-order chi connectivity index (χ0) is 11.8. The molecule has 3 nitrogen and oxygen atoms in total. The van der Waals surface area contributed by atoms with Crippen LogP contribution in [0, 0.1) is 11.8 Å². The Hall–Kier alpha value is -0.570. The van der Waals surface area contributed by atoms with Gasteiger partial charge in [-0.2, -0.15) is 0 Å². The summed E-state index contributed by atoms with van der Waals surface area (Å²) >= 11 is 0. The van der Waals surface area contributed by atoms with E-state index in [1.807, 2.05) is 0 Å². The van der Waals surface area contributed by atoms with E-state index < -0.39 is 0 Å². The molecular weight excluding hydrogens is 212 g/mol. The first-order chi connectivity index (χ1) is 8.27. The van der Waals surface area contributed by atoms with Crippen molar-refractivity contribution in [2.24, 2.45) is 11.8 Å². The van der Waals surface area contributed by atoms with Gasteiger partial charge >= 0.3 is 0 Å². The van der Waals surface area contributed by atoms with Gasteiger partial charge in [0.15, 0.2) is 0 Å².